The van der Waals surface area contributed by atoms with Crippen molar-refractivity contribution in [3.63, 3.8) is 0 Å². The molecule has 3 heterocycles. The molecule has 0 radical (unpaired) electrons. The fraction of sp³-hybridized carbons (Fsp3) is 0.667. The minimum absolute atomic E-state index is 0.256. The van der Waals surface area contributed by atoms with E-state index in [-0.39, 0.29) is 44.1 Å². The summed E-state index contributed by atoms with van der Waals surface area (Å²) in [6.45, 7) is 6.98. The van der Waals surface area contributed by atoms with Crippen LogP contribution in [0.5, 0.6) is 0 Å². The number of aliphatic hydroxyl groups excluding tert-OH is 9. The number of allylic oxidation sites excluding steroid dienone is 12. The first kappa shape index (κ1) is 58.7. The van der Waals surface area contributed by atoms with E-state index in [0.29, 0.717) is 6.42 Å². The first-order chi connectivity index (χ1) is 31.2. The number of aliphatic hydroxyl groups is 10. The first-order valence-electron chi connectivity index (χ1n) is 22.6. The van der Waals surface area contributed by atoms with Crippen LogP contribution in [0.2, 0.25) is 0 Å². The second-order valence-electron chi connectivity index (χ2n) is 17.6. The van der Waals surface area contributed by atoms with Gasteiger partial charge >= 0.3 is 11.9 Å². The summed E-state index contributed by atoms with van der Waals surface area (Å²) >= 11 is 0. The van der Waals surface area contributed by atoms with E-state index in [4.69, 9.17) is 29.8 Å². The van der Waals surface area contributed by atoms with Crippen molar-refractivity contribution in [1.82, 2.24) is 0 Å². The van der Waals surface area contributed by atoms with Crippen LogP contribution < -0.4 is 5.73 Å². The highest BCUT2D eigenvalue weighted by atomic mass is 16.7. The van der Waals surface area contributed by atoms with Crippen LogP contribution in [0, 0.1) is 17.8 Å². The number of fused-ring (bicyclic) bond motifs is 2. The van der Waals surface area contributed by atoms with Crippen molar-refractivity contribution in [2.24, 2.45) is 23.5 Å². The number of carboxylic acid groups (broad SMARTS) is 1. The zero-order chi connectivity index (χ0) is 49.6. The number of carbonyl (C=O) groups is 2. The van der Waals surface area contributed by atoms with Crippen LogP contribution in [0.15, 0.2) is 85.1 Å². The van der Waals surface area contributed by atoms with Crippen molar-refractivity contribution in [2.45, 2.75) is 177 Å². The maximum atomic E-state index is 12.6. The van der Waals surface area contributed by atoms with Crippen molar-refractivity contribution in [3.8, 4) is 0 Å². The van der Waals surface area contributed by atoms with Gasteiger partial charge in [-0.25, -0.2) is 0 Å². The normalized spacial score (nSPS) is 43.6. The Bertz CT molecular complexity index is 1630. The number of carbonyl (C=O) groups excluding carboxylic acids is 1. The lowest BCUT2D eigenvalue weighted by atomic mass is 9.82. The quantitative estimate of drug-likeness (QED) is 0.178. The highest BCUT2D eigenvalue weighted by Gasteiger charge is 2.50. The van der Waals surface area contributed by atoms with E-state index >= 15 is 0 Å². The molecular formula is C48H77NO17. The lowest BCUT2D eigenvalue weighted by Gasteiger charge is -2.45. The average molecular weight is 940 g/mol. The van der Waals surface area contributed by atoms with Gasteiger partial charge in [0.05, 0.1) is 67.5 Å². The maximum Gasteiger partial charge on any atom is 0.311 e. The minimum atomic E-state index is -2.27. The van der Waals surface area contributed by atoms with E-state index < -0.39 is 128 Å². The van der Waals surface area contributed by atoms with Gasteiger partial charge in [-0.3, -0.25) is 9.59 Å². The molecule has 2 saturated heterocycles. The summed E-state index contributed by atoms with van der Waals surface area (Å²) in [5.41, 5.74) is 6.12. The summed E-state index contributed by atoms with van der Waals surface area (Å²) in [5, 5.41) is 115. The standard InChI is InChI=1S/C47H73NO16.CH4O/c1-28-17-15-13-11-9-7-5-6-8-10-12-14-16-18-37(63-46-44(57)38(48)19-29(2)61-46)25-40-42(45(58)59)39(54)27-47(60,64-40)26-36(53)23-34(51)21-32(49)20-33(50)22-35(52)24-41(55)62-31(4)30(3)43(28)56;1-2/h5-18,28-40,42-44,46,49-54,56-57,60H,19-27,48H2,1-4H3,(H,58,59);2H,1H3/b6-5+,9-7+,10-8+,13-11+,14-12+,17-15+,18-16+;/t28-,29?,30-,31-,32?,33?,34?,35?,36?,37?,38?,39-,40?,42?,43?,44?,46?,47?;/m0./s1. The molecule has 376 valence electrons. The van der Waals surface area contributed by atoms with Crippen LogP contribution in [0.3, 0.4) is 0 Å². The number of esters is 1. The monoisotopic (exact) mass is 940 g/mol. The fourth-order valence-electron chi connectivity index (χ4n) is 8.11. The van der Waals surface area contributed by atoms with Crippen LogP contribution in [0.25, 0.3) is 0 Å². The molecular weight excluding hydrogens is 863 g/mol. The Balaban J connectivity index is 0.00000737. The number of cyclic esters (lactones) is 1. The van der Waals surface area contributed by atoms with E-state index in [9.17, 15) is 60.7 Å². The van der Waals surface area contributed by atoms with Crippen molar-refractivity contribution < 1.29 is 84.7 Å². The van der Waals surface area contributed by atoms with E-state index in [1.807, 2.05) is 37.3 Å². The Hall–Kier alpha value is -3.44. The van der Waals surface area contributed by atoms with E-state index in [0.717, 1.165) is 7.11 Å². The molecule has 2 bridgehead atoms. The third-order valence-electron chi connectivity index (χ3n) is 11.7. The van der Waals surface area contributed by atoms with E-state index in [1.54, 1.807) is 75.5 Å². The molecule has 18 nitrogen and oxygen atoms in total. The SMILES string of the molecule is CC1CC(N)C(O)C(OC2/C=C/C=C/C=C/C=C/C=C/C=C/C=C/[C@H](C)C(O)[C@@H](C)[C@H](C)OC(=O)CC(O)CC(O)CC(O)CC(O)CC(O)CC3(O)C[C@H](O)C(C(=O)O)C(C2)O3)O1.CO. The predicted octanol–water partition coefficient (Wildman–Crippen LogP) is 1.35. The van der Waals surface area contributed by atoms with Gasteiger partial charge in [-0.1, -0.05) is 98.9 Å². The molecule has 18 heteroatoms. The van der Waals surface area contributed by atoms with E-state index in [1.165, 1.54) is 0 Å². The summed E-state index contributed by atoms with van der Waals surface area (Å²) < 4.78 is 23.4. The van der Waals surface area contributed by atoms with Gasteiger partial charge < -0.3 is 80.9 Å². The molecule has 14 unspecified atom stereocenters. The van der Waals surface area contributed by atoms with Crippen LogP contribution in [0.1, 0.15) is 85.5 Å². The van der Waals surface area contributed by atoms with Gasteiger partial charge in [0.15, 0.2) is 12.1 Å². The summed E-state index contributed by atoms with van der Waals surface area (Å²) in [6, 6.07) is -0.669. The third kappa shape index (κ3) is 21.2. The number of hydrogen-bond donors (Lipinski definition) is 12. The Kier molecular flexibility index (Phi) is 26.8. The average Bonchev–Trinajstić information content (AvgIpc) is 3.21. The van der Waals surface area contributed by atoms with Gasteiger partial charge in [0.25, 0.3) is 0 Å². The van der Waals surface area contributed by atoms with Crippen molar-refractivity contribution in [1.29, 1.82) is 0 Å². The summed E-state index contributed by atoms with van der Waals surface area (Å²) in [5.74, 6) is -6.68. The van der Waals surface area contributed by atoms with Crippen molar-refractivity contribution >= 4 is 11.9 Å². The molecule has 0 saturated carbocycles. The number of hydrogen-bond acceptors (Lipinski definition) is 17. The Morgan fingerprint density at radius 1 is 0.667 bits per heavy atom. The molecule has 2 fully saturated rings. The molecule has 0 aromatic carbocycles. The van der Waals surface area contributed by atoms with Crippen LogP contribution >= 0.6 is 0 Å². The fourth-order valence-corrected chi connectivity index (χ4v) is 8.11. The second kappa shape index (κ2) is 30.1. The predicted molar refractivity (Wildman–Crippen MR) is 244 cm³/mol. The van der Waals surface area contributed by atoms with Gasteiger partial charge in [-0.15, -0.1) is 0 Å². The van der Waals surface area contributed by atoms with Gasteiger partial charge in [0, 0.05) is 44.2 Å². The molecule has 0 aromatic rings. The lowest BCUT2D eigenvalue weighted by Crippen LogP contribution is -2.57. The molecule has 3 aliphatic heterocycles. The van der Waals surface area contributed by atoms with Gasteiger partial charge in [0.1, 0.15) is 18.1 Å². The van der Waals surface area contributed by atoms with Crippen LogP contribution in [-0.4, -0.2) is 167 Å². The molecule has 3 aliphatic rings. The number of aliphatic carboxylic acids is 1. The van der Waals surface area contributed by atoms with Crippen LogP contribution in [0.4, 0.5) is 0 Å². The molecule has 18 atom stereocenters. The van der Waals surface area contributed by atoms with Crippen molar-refractivity contribution in [2.75, 3.05) is 7.11 Å². The van der Waals surface area contributed by atoms with Gasteiger partial charge in [-0.05, 0) is 46.0 Å². The summed E-state index contributed by atoms with van der Waals surface area (Å²) in [6.07, 6.45) is 6.82. The number of carboxylic acids is 1. The first-order valence-corrected chi connectivity index (χ1v) is 22.6. The Labute approximate surface area is 388 Å². The largest absolute Gasteiger partial charge is 0.481 e. The number of ether oxygens (including phenoxy) is 4. The van der Waals surface area contributed by atoms with Crippen LogP contribution in [-0.2, 0) is 28.5 Å². The molecule has 0 aliphatic carbocycles. The van der Waals surface area contributed by atoms with Gasteiger partial charge in [-0.2, -0.15) is 0 Å². The highest BCUT2D eigenvalue weighted by Crippen LogP contribution is 2.38. The second-order valence-corrected chi connectivity index (χ2v) is 17.6. The number of nitrogens with two attached hydrogens (primary N) is 1. The Morgan fingerprint density at radius 3 is 1.68 bits per heavy atom. The lowest BCUT2D eigenvalue weighted by molar-refractivity contribution is -0.305. The molecule has 3 rings (SSSR count). The zero-order valence-corrected chi connectivity index (χ0v) is 38.7. The third-order valence-corrected chi connectivity index (χ3v) is 11.7. The van der Waals surface area contributed by atoms with Crippen molar-refractivity contribution in [3.05, 3.63) is 85.1 Å². The molecule has 0 amide bonds. The molecule has 13 N–H and O–H groups in total. The summed E-state index contributed by atoms with van der Waals surface area (Å²) in [7, 11) is 1.00. The highest BCUT2D eigenvalue weighted by molar-refractivity contribution is 5.71. The zero-order valence-electron chi connectivity index (χ0n) is 38.7. The Morgan fingerprint density at radius 2 is 1.15 bits per heavy atom. The van der Waals surface area contributed by atoms with E-state index in [2.05, 4.69) is 0 Å². The minimum Gasteiger partial charge on any atom is -0.481 e. The maximum absolute atomic E-state index is 12.6. The smallest absolute Gasteiger partial charge is 0.311 e. The topological polar surface area (TPSA) is 320 Å². The molecule has 0 aromatic heterocycles. The van der Waals surface area contributed by atoms with Gasteiger partial charge in [0.2, 0.25) is 0 Å². The molecule has 0 spiro atoms. The number of rotatable bonds is 3. The summed E-state index contributed by atoms with van der Waals surface area (Å²) in [4.78, 5) is 25.1. The molecule has 66 heavy (non-hydrogen) atoms.